The number of benzene rings is 1. The minimum Gasteiger partial charge on any atom is -0.397 e. The van der Waals surface area contributed by atoms with Crippen LogP contribution in [0.2, 0.25) is 0 Å². The standard InChI is InChI=1S/C11H18N2O/c1-8-4-5-10(12)11(6-8)13(3)7-9(2)14/h4-6,9,14H,7,12H2,1-3H3. The molecule has 1 rings (SSSR count). The predicted octanol–water partition coefficient (Wildman–Crippen LogP) is 1.39. The third-order valence-electron chi connectivity index (χ3n) is 2.14. The van der Waals surface area contributed by atoms with Gasteiger partial charge in [-0.05, 0) is 31.5 Å². The molecule has 0 saturated heterocycles. The lowest BCUT2D eigenvalue weighted by Gasteiger charge is -2.22. The van der Waals surface area contributed by atoms with Crippen molar-refractivity contribution >= 4 is 11.4 Å². The van der Waals surface area contributed by atoms with Crippen LogP contribution in [0.5, 0.6) is 0 Å². The smallest absolute Gasteiger partial charge is 0.0686 e. The monoisotopic (exact) mass is 194 g/mol. The van der Waals surface area contributed by atoms with Crippen molar-refractivity contribution < 1.29 is 5.11 Å². The Morgan fingerprint density at radius 2 is 2.14 bits per heavy atom. The molecule has 1 atom stereocenters. The number of hydrogen-bond acceptors (Lipinski definition) is 3. The van der Waals surface area contributed by atoms with Gasteiger partial charge in [0.1, 0.15) is 0 Å². The van der Waals surface area contributed by atoms with Crippen molar-refractivity contribution in [2.45, 2.75) is 20.0 Å². The van der Waals surface area contributed by atoms with Crippen LogP contribution in [0.3, 0.4) is 0 Å². The highest BCUT2D eigenvalue weighted by Gasteiger charge is 2.07. The van der Waals surface area contributed by atoms with Gasteiger partial charge in [0.2, 0.25) is 0 Å². The van der Waals surface area contributed by atoms with E-state index in [0.717, 1.165) is 11.4 Å². The Balaban J connectivity index is 2.88. The van der Waals surface area contributed by atoms with Gasteiger partial charge in [-0.15, -0.1) is 0 Å². The van der Waals surface area contributed by atoms with Gasteiger partial charge in [-0.25, -0.2) is 0 Å². The van der Waals surface area contributed by atoms with E-state index in [0.29, 0.717) is 6.54 Å². The van der Waals surface area contributed by atoms with E-state index in [1.54, 1.807) is 6.92 Å². The fourth-order valence-corrected chi connectivity index (χ4v) is 1.48. The fraction of sp³-hybridized carbons (Fsp3) is 0.455. The van der Waals surface area contributed by atoms with Crippen molar-refractivity contribution in [1.29, 1.82) is 0 Å². The SMILES string of the molecule is Cc1ccc(N)c(N(C)CC(C)O)c1. The summed E-state index contributed by atoms with van der Waals surface area (Å²) in [5, 5.41) is 9.26. The van der Waals surface area contributed by atoms with Crippen LogP contribution in [-0.2, 0) is 0 Å². The Bertz CT molecular complexity index is 310. The largest absolute Gasteiger partial charge is 0.397 e. The van der Waals surface area contributed by atoms with Crippen LogP contribution >= 0.6 is 0 Å². The molecule has 0 bridgehead atoms. The van der Waals surface area contributed by atoms with E-state index in [2.05, 4.69) is 0 Å². The van der Waals surface area contributed by atoms with Crippen LogP contribution < -0.4 is 10.6 Å². The number of likely N-dealkylation sites (N-methyl/N-ethyl adjacent to an activating group) is 1. The number of aliphatic hydroxyl groups is 1. The van der Waals surface area contributed by atoms with Gasteiger partial charge >= 0.3 is 0 Å². The molecule has 0 saturated carbocycles. The Morgan fingerprint density at radius 3 is 2.71 bits per heavy atom. The highest BCUT2D eigenvalue weighted by atomic mass is 16.3. The predicted molar refractivity (Wildman–Crippen MR) is 60.5 cm³/mol. The summed E-state index contributed by atoms with van der Waals surface area (Å²) in [5.74, 6) is 0. The van der Waals surface area contributed by atoms with E-state index in [-0.39, 0.29) is 6.10 Å². The zero-order valence-corrected chi connectivity index (χ0v) is 8.99. The van der Waals surface area contributed by atoms with Crippen molar-refractivity contribution in [3.63, 3.8) is 0 Å². The molecule has 0 aliphatic rings. The van der Waals surface area contributed by atoms with Gasteiger partial charge in [0.15, 0.2) is 0 Å². The number of hydrogen-bond donors (Lipinski definition) is 2. The van der Waals surface area contributed by atoms with E-state index < -0.39 is 0 Å². The number of nitrogens with zero attached hydrogens (tertiary/aromatic N) is 1. The first kappa shape index (κ1) is 10.9. The molecule has 0 fully saturated rings. The molecule has 0 radical (unpaired) electrons. The molecule has 1 aromatic carbocycles. The van der Waals surface area contributed by atoms with Crippen LogP contribution in [-0.4, -0.2) is 24.8 Å². The first-order valence-corrected chi connectivity index (χ1v) is 4.76. The van der Waals surface area contributed by atoms with Crippen LogP contribution in [0.4, 0.5) is 11.4 Å². The van der Waals surface area contributed by atoms with E-state index in [1.807, 2.05) is 37.1 Å². The zero-order valence-electron chi connectivity index (χ0n) is 8.99. The molecule has 14 heavy (non-hydrogen) atoms. The third-order valence-corrected chi connectivity index (χ3v) is 2.14. The number of aryl methyl sites for hydroxylation is 1. The van der Waals surface area contributed by atoms with Gasteiger partial charge in [0, 0.05) is 13.6 Å². The molecule has 78 valence electrons. The quantitative estimate of drug-likeness (QED) is 0.715. The maximum Gasteiger partial charge on any atom is 0.0686 e. The number of nitrogens with two attached hydrogens (primary N) is 1. The lowest BCUT2D eigenvalue weighted by atomic mass is 10.1. The molecule has 1 unspecified atom stereocenters. The molecule has 3 nitrogen and oxygen atoms in total. The Labute approximate surface area is 85.2 Å². The molecule has 0 aliphatic heterocycles. The van der Waals surface area contributed by atoms with E-state index >= 15 is 0 Å². The van der Waals surface area contributed by atoms with Gasteiger partial charge in [-0.1, -0.05) is 6.07 Å². The van der Waals surface area contributed by atoms with Gasteiger partial charge in [-0.2, -0.15) is 0 Å². The maximum absolute atomic E-state index is 9.26. The number of rotatable bonds is 3. The number of nitrogen functional groups attached to an aromatic ring is 1. The molecule has 0 amide bonds. The molecular weight excluding hydrogens is 176 g/mol. The van der Waals surface area contributed by atoms with Crippen molar-refractivity contribution in [1.82, 2.24) is 0 Å². The second-order valence-corrected chi connectivity index (χ2v) is 3.79. The molecule has 3 N–H and O–H groups in total. The molecule has 0 aliphatic carbocycles. The lowest BCUT2D eigenvalue weighted by Crippen LogP contribution is -2.27. The van der Waals surface area contributed by atoms with Gasteiger partial charge < -0.3 is 15.7 Å². The van der Waals surface area contributed by atoms with Crippen LogP contribution in [0.1, 0.15) is 12.5 Å². The molecule has 1 aromatic rings. The fourth-order valence-electron chi connectivity index (χ4n) is 1.48. The van der Waals surface area contributed by atoms with Crippen molar-refractivity contribution in [2.24, 2.45) is 0 Å². The Kier molecular flexibility index (Phi) is 3.36. The molecule has 0 aromatic heterocycles. The second-order valence-electron chi connectivity index (χ2n) is 3.79. The highest BCUT2D eigenvalue weighted by molar-refractivity contribution is 5.68. The lowest BCUT2D eigenvalue weighted by molar-refractivity contribution is 0.201. The minimum atomic E-state index is -0.347. The Morgan fingerprint density at radius 1 is 1.50 bits per heavy atom. The van der Waals surface area contributed by atoms with Crippen LogP contribution in [0.15, 0.2) is 18.2 Å². The summed E-state index contributed by atoms with van der Waals surface area (Å²) in [5.41, 5.74) is 8.74. The number of aliphatic hydroxyl groups excluding tert-OH is 1. The van der Waals surface area contributed by atoms with Crippen molar-refractivity contribution in [3.8, 4) is 0 Å². The van der Waals surface area contributed by atoms with E-state index in [4.69, 9.17) is 5.73 Å². The van der Waals surface area contributed by atoms with Gasteiger partial charge in [-0.3, -0.25) is 0 Å². The maximum atomic E-state index is 9.26. The molecular formula is C11H18N2O. The molecule has 0 heterocycles. The normalized spacial score (nSPS) is 12.6. The summed E-state index contributed by atoms with van der Waals surface area (Å²) in [6.45, 7) is 4.38. The summed E-state index contributed by atoms with van der Waals surface area (Å²) in [6, 6.07) is 5.90. The highest BCUT2D eigenvalue weighted by Crippen LogP contribution is 2.23. The zero-order chi connectivity index (χ0) is 10.7. The van der Waals surface area contributed by atoms with Crippen molar-refractivity contribution in [3.05, 3.63) is 23.8 Å². The van der Waals surface area contributed by atoms with Crippen molar-refractivity contribution in [2.75, 3.05) is 24.2 Å². The van der Waals surface area contributed by atoms with E-state index in [1.165, 1.54) is 5.56 Å². The first-order valence-electron chi connectivity index (χ1n) is 4.76. The summed E-state index contributed by atoms with van der Waals surface area (Å²) in [7, 11) is 1.93. The average molecular weight is 194 g/mol. The van der Waals surface area contributed by atoms with Crippen LogP contribution in [0, 0.1) is 6.92 Å². The summed E-state index contributed by atoms with van der Waals surface area (Å²) in [4.78, 5) is 1.97. The first-order chi connectivity index (χ1) is 6.50. The topological polar surface area (TPSA) is 49.5 Å². The Hall–Kier alpha value is -1.22. The second kappa shape index (κ2) is 4.33. The number of anilines is 2. The van der Waals surface area contributed by atoms with E-state index in [9.17, 15) is 5.11 Å². The third kappa shape index (κ3) is 2.64. The summed E-state index contributed by atoms with van der Waals surface area (Å²) in [6.07, 6.45) is -0.347. The molecule has 0 spiro atoms. The average Bonchev–Trinajstić information content (AvgIpc) is 2.08. The van der Waals surface area contributed by atoms with Crippen LogP contribution in [0.25, 0.3) is 0 Å². The summed E-state index contributed by atoms with van der Waals surface area (Å²) < 4.78 is 0. The van der Waals surface area contributed by atoms with Gasteiger partial charge in [0.25, 0.3) is 0 Å². The van der Waals surface area contributed by atoms with Gasteiger partial charge in [0.05, 0.1) is 17.5 Å². The minimum absolute atomic E-state index is 0.347. The molecule has 3 heteroatoms. The summed E-state index contributed by atoms with van der Waals surface area (Å²) >= 11 is 0.